The molecule has 1 saturated heterocycles. The van der Waals surface area contributed by atoms with Gasteiger partial charge >= 0.3 is 0 Å². The number of benzene rings is 1. The van der Waals surface area contributed by atoms with Crippen LogP contribution in [0.15, 0.2) is 33.8 Å². The molecule has 28 heavy (non-hydrogen) atoms. The maximum atomic E-state index is 6.09. The molecule has 7 nitrogen and oxygen atoms in total. The number of nitrogens with one attached hydrogen (secondary N) is 1. The highest BCUT2D eigenvalue weighted by Gasteiger charge is 2.20. The molecule has 0 spiro atoms. The molecule has 1 aromatic heterocycles. The highest BCUT2D eigenvalue weighted by molar-refractivity contribution is 6.30. The van der Waals surface area contributed by atoms with Gasteiger partial charge in [-0.2, -0.15) is 4.98 Å². The molecule has 0 radical (unpaired) electrons. The van der Waals surface area contributed by atoms with Gasteiger partial charge in [0.25, 0.3) is 0 Å². The topological polar surface area (TPSA) is 69.8 Å². The maximum Gasteiger partial charge on any atom is 0.228 e. The van der Waals surface area contributed by atoms with Crippen LogP contribution in [-0.2, 0) is 13.0 Å². The van der Waals surface area contributed by atoms with Crippen LogP contribution in [0, 0.1) is 0 Å². The van der Waals surface area contributed by atoms with E-state index >= 15 is 0 Å². The minimum atomic E-state index is 0.279. The van der Waals surface area contributed by atoms with E-state index < -0.39 is 0 Å². The minimum absolute atomic E-state index is 0.279. The van der Waals surface area contributed by atoms with E-state index in [0.717, 1.165) is 56.1 Å². The third-order valence-corrected chi connectivity index (χ3v) is 5.04. The van der Waals surface area contributed by atoms with Gasteiger partial charge in [0.1, 0.15) is 0 Å². The zero-order valence-corrected chi connectivity index (χ0v) is 17.6. The number of aromatic nitrogens is 2. The van der Waals surface area contributed by atoms with E-state index in [1.807, 2.05) is 25.2 Å². The fraction of sp³-hybridized carbons (Fsp3) is 0.550. The van der Waals surface area contributed by atoms with Gasteiger partial charge in [-0.25, -0.2) is 0 Å². The SMILES string of the molecule is CN=C(NCCc1nc(C(C)C)no1)N1CCN(Cc2cccc(Cl)c2)CC1. The van der Waals surface area contributed by atoms with E-state index in [2.05, 4.69) is 50.2 Å². The lowest BCUT2D eigenvalue weighted by molar-refractivity contribution is 0.172. The molecule has 0 unspecified atom stereocenters. The molecule has 2 heterocycles. The van der Waals surface area contributed by atoms with Crippen molar-refractivity contribution in [3.8, 4) is 0 Å². The molecule has 0 bridgehead atoms. The van der Waals surface area contributed by atoms with Crippen LogP contribution in [0.3, 0.4) is 0 Å². The standard InChI is InChI=1S/C20H29ClN6O/c1-15(2)19-24-18(28-25-19)7-8-23-20(22-3)27-11-9-26(10-12-27)14-16-5-4-6-17(21)13-16/h4-6,13,15H,7-12,14H2,1-3H3,(H,22,23). The molecule has 8 heteroatoms. The van der Waals surface area contributed by atoms with Crippen LogP contribution in [0.2, 0.25) is 5.02 Å². The molecule has 1 aliphatic rings. The number of guanidine groups is 1. The second-order valence-electron chi connectivity index (χ2n) is 7.32. The second kappa shape index (κ2) is 9.89. The summed E-state index contributed by atoms with van der Waals surface area (Å²) in [6, 6.07) is 8.08. The first-order valence-corrected chi connectivity index (χ1v) is 10.2. The van der Waals surface area contributed by atoms with Crippen molar-refractivity contribution in [3.05, 3.63) is 46.6 Å². The van der Waals surface area contributed by atoms with Crippen molar-refractivity contribution >= 4 is 17.6 Å². The third kappa shape index (κ3) is 5.69. The van der Waals surface area contributed by atoms with Crippen molar-refractivity contribution in [2.75, 3.05) is 39.8 Å². The van der Waals surface area contributed by atoms with Crippen LogP contribution in [0.1, 0.15) is 37.0 Å². The number of hydrogen-bond donors (Lipinski definition) is 1. The van der Waals surface area contributed by atoms with Gasteiger partial charge < -0.3 is 14.7 Å². The van der Waals surface area contributed by atoms with Gasteiger partial charge in [-0.05, 0) is 17.7 Å². The van der Waals surface area contributed by atoms with Crippen molar-refractivity contribution < 1.29 is 4.52 Å². The summed E-state index contributed by atoms with van der Waals surface area (Å²) in [4.78, 5) is 13.6. The zero-order valence-electron chi connectivity index (χ0n) is 16.9. The van der Waals surface area contributed by atoms with Crippen LogP contribution in [-0.4, -0.2) is 65.7 Å². The van der Waals surface area contributed by atoms with Gasteiger partial charge in [0.15, 0.2) is 11.8 Å². The first-order chi connectivity index (χ1) is 13.5. The fourth-order valence-corrected chi connectivity index (χ4v) is 3.44. The maximum absolute atomic E-state index is 6.09. The fourth-order valence-electron chi connectivity index (χ4n) is 3.23. The van der Waals surface area contributed by atoms with E-state index in [1.165, 1.54) is 5.56 Å². The highest BCUT2D eigenvalue weighted by Crippen LogP contribution is 2.14. The van der Waals surface area contributed by atoms with Gasteiger partial charge in [0.2, 0.25) is 5.89 Å². The third-order valence-electron chi connectivity index (χ3n) is 4.80. The van der Waals surface area contributed by atoms with Gasteiger partial charge in [0.05, 0.1) is 0 Å². The van der Waals surface area contributed by atoms with Crippen LogP contribution in [0.25, 0.3) is 0 Å². The lowest BCUT2D eigenvalue weighted by atomic mass is 10.2. The molecule has 0 aliphatic carbocycles. The predicted octanol–water partition coefficient (Wildman–Crippen LogP) is 2.78. The van der Waals surface area contributed by atoms with E-state index in [-0.39, 0.29) is 5.92 Å². The van der Waals surface area contributed by atoms with Crippen molar-refractivity contribution in [2.24, 2.45) is 4.99 Å². The predicted molar refractivity (Wildman–Crippen MR) is 112 cm³/mol. The Bertz CT molecular complexity index is 783. The lowest BCUT2D eigenvalue weighted by Crippen LogP contribution is -2.52. The molecule has 152 valence electrons. The Kier molecular flexibility index (Phi) is 7.28. The number of rotatable bonds is 6. The molecule has 0 saturated carbocycles. The Hall–Kier alpha value is -2.12. The van der Waals surface area contributed by atoms with Crippen molar-refractivity contribution in [1.82, 2.24) is 25.3 Å². The lowest BCUT2D eigenvalue weighted by Gasteiger charge is -2.36. The van der Waals surface area contributed by atoms with E-state index in [0.29, 0.717) is 12.3 Å². The highest BCUT2D eigenvalue weighted by atomic mass is 35.5. The Morgan fingerprint density at radius 3 is 2.71 bits per heavy atom. The first kappa shape index (κ1) is 20.6. The first-order valence-electron chi connectivity index (χ1n) is 9.80. The number of aliphatic imine (C=N–C) groups is 1. The summed E-state index contributed by atoms with van der Waals surface area (Å²) in [7, 11) is 1.82. The smallest absolute Gasteiger partial charge is 0.228 e. The number of piperazine rings is 1. The summed E-state index contributed by atoms with van der Waals surface area (Å²) in [6.45, 7) is 9.63. The summed E-state index contributed by atoms with van der Waals surface area (Å²) in [5, 5.41) is 8.21. The van der Waals surface area contributed by atoms with Gasteiger partial charge in [-0.3, -0.25) is 9.89 Å². The average molecular weight is 405 g/mol. The van der Waals surface area contributed by atoms with Gasteiger partial charge in [0, 0.05) is 63.7 Å². The summed E-state index contributed by atoms with van der Waals surface area (Å²) < 4.78 is 5.30. The number of nitrogens with zero attached hydrogens (tertiary/aromatic N) is 5. The summed E-state index contributed by atoms with van der Waals surface area (Å²) in [6.07, 6.45) is 0.688. The largest absolute Gasteiger partial charge is 0.356 e. The molecule has 1 fully saturated rings. The summed E-state index contributed by atoms with van der Waals surface area (Å²) >= 11 is 6.09. The monoisotopic (exact) mass is 404 g/mol. The van der Waals surface area contributed by atoms with E-state index in [4.69, 9.17) is 16.1 Å². The molecule has 1 aromatic carbocycles. The average Bonchev–Trinajstić information content (AvgIpc) is 3.15. The van der Waals surface area contributed by atoms with Crippen LogP contribution >= 0.6 is 11.6 Å². The van der Waals surface area contributed by atoms with Crippen molar-refractivity contribution in [1.29, 1.82) is 0 Å². The summed E-state index contributed by atoms with van der Waals surface area (Å²) in [5.74, 6) is 2.63. The molecule has 2 aromatic rings. The molecule has 1 N–H and O–H groups in total. The van der Waals surface area contributed by atoms with E-state index in [1.54, 1.807) is 0 Å². The Labute approximate surface area is 171 Å². The number of hydrogen-bond acceptors (Lipinski definition) is 5. The van der Waals surface area contributed by atoms with E-state index in [9.17, 15) is 0 Å². The minimum Gasteiger partial charge on any atom is -0.356 e. The van der Waals surface area contributed by atoms with Crippen LogP contribution in [0.4, 0.5) is 0 Å². The molecular weight excluding hydrogens is 376 g/mol. The molecule has 0 amide bonds. The van der Waals surface area contributed by atoms with Crippen LogP contribution < -0.4 is 5.32 Å². The molecular formula is C20H29ClN6O. The molecule has 3 rings (SSSR count). The normalized spacial score (nSPS) is 16.0. The van der Waals surface area contributed by atoms with Crippen molar-refractivity contribution in [3.63, 3.8) is 0 Å². The number of halogens is 1. The van der Waals surface area contributed by atoms with Crippen LogP contribution in [0.5, 0.6) is 0 Å². The van der Waals surface area contributed by atoms with Gasteiger partial charge in [-0.15, -0.1) is 0 Å². The molecule has 0 atom stereocenters. The van der Waals surface area contributed by atoms with Crippen molar-refractivity contribution in [2.45, 2.75) is 32.7 Å². The summed E-state index contributed by atoms with van der Waals surface area (Å²) in [5.41, 5.74) is 1.25. The Morgan fingerprint density at radius 1 is 1.29 bits per heavy atom. The quantitative estimate of drug-likeness (QED) is 0.589. The second-order valence-corrected chi connectivity index (χ2v) is 7.75. The Balaban J connectivity index is 1.43. The van der Waals surface area contributed by atoms with Gasteiger partial charge in [-0.1, -0.05) is 42.7 Å². The Morgan fingerprint density at radius 2 is 2.07 bits per heavy atom. The zero-order chi connectivity index (χ0) is 19.9. The molecule has 1 aliphatic heterocycles.